The van der Waals surface area contributed by atoms with Gasteiger partial charge in [-0.05, 0) is 22.8 Å². The first-order valence-electron chi connectivity index (χ1n) is 11.6. The molecule has 176 valence electrons. The van der Waals surface area contributed by atoms with Crippen LogP contribution in [0.1, 0.15) is 30.5 Å². The van der Waals surface area contributed by atoms with Crippen molar-refractivity contribution in [2.75, 3.05) is 18.5 Å². The Bertz CT molecular complexity index is 1310. The Balaban J connectivity index is 1.48. The normalized spacial score (nSPS) is 19.1. The van der Waals surface area contributed by atoms with Crippen molar-refractivity contribution in [3.05, 3.63) is 113 Å². The molecule has 2 aliphatic heterocycles. The summed E-state index contributed by atoms with van der Waals surface area (Å²) in [5.74, 6) is -0.776. The highest BCUT2D eigenvalue weighted by Crippen LogP contribution is 2.46. The van der Waals surface area contributed by atoms with E-state index in [-0.39, 0.29) is 17.7 Å². The van der Waals surface area contributed by atoms with Gasteiger partial charge in [-0.3, -0.25) is 14.5 Å². The van der Waals surface area contributed by atoms with E-state index in [1.165, 1.54) is 0 Å². The summed E-state index contributed by atoms with van der Waals surface area (Å²) in [5.41, 5.74) is 2.52. The van der Waals surface area contributed by atoms with Gasteiger partial charge in [0.2, 0.25) is 0 Å². The number of urea groups is 1. The summed E-state index contributed by atoms with van der Waals surface area (Å²) < 4.78 is 0. The van der Waals surface area contributed by atoms with Crippen LogP contribution < -0.4 is 10.2 Å². The van der Waals surface area contributed by atoms with Crippen LogP contribution in [0.25, 0.3) is 0 Å². The zero-order valence-corrected chi connectivity index (χ0v) is 20.0. The zero-order valence-electron chi connectivity index (χ0n) is 20.0. The predicted octanol–water partition coefficient (Wildman–Crippen LogP) is 4.36. The zero-order chi connectivity index (χ0) is 24.8. The molecule has 0 bridgehead atoms. The highest BCUT2D eigenvalue weighted by molar-refractivity contribution is 6.12. The summed E-state index contributed by atoms with van der Waals surface area (Å²) >= 11 is 0. The molecule has 0 radical (unpaired) electrons. The molecule has 1 saturated heterocycles. The molecule has 6 nitrogen and oxygen atoms in total. The van der Waals surface area contributed by atoms with Crippen molar-refractivity contribution < 1.29 is 14.4 Å². The van der Waals surface area contributed by atoms with Crippen molar-refractivity contribution >= 4 is 23.4 Å². The predicted molar refractivity (Wildman–Crippen MR) is 135 cm³/mol. The standard InChI is InChI=1S/C29H27N3O3/c1-28(2)23-16-10-11-17-24(23)31(3)25(28)18-22(33)19-32-26(34)29(30-27(32)35,20-12-6-4-7-13-20)21-14-8-5-9-15-21/h4-18H,19H2,1-3H3,(H,30,35)/b25-18-. The third-order valence-corrected chi connectivity index (χ3v) is 7.07. The number of fused-ring (bicyclic) bond motifs is 1. The van der Waals surface area contributed by atoms with E-state index >= 15 is 0 Å². The van der Waals surface area contributed by atoms with Gasteiger partial charge in [-0.15, -0.1) is 0 Å². The SMILES string of the molecule is CN1/C(=C\C(=O)CN2C(=O)NC(c3ccccc3)(c3ccccc3)C2=O)C(C)(C)c2ccccc21. The number of benzene rings is 3. The second-order valence-corrected chi connectivity index (χ2v) is 9.50. The first-order valence-corrected chi connectivity index (χ1v) is 11.6. The molecule has 0 aliphatic carbocycles. The number of ketones is 1. The number of hydrogen-bond acceptors (Lipinski definition) is 4. The largest absolute Gasteiger partial charge is 0.347 e. The fourth-order valence-electron chi connectivity index (χ4n) is 5.27. The fraction of sp³-hybridized carbons (Fsp3) is 0.207. The summed E-state index contributed by atoms with van der Waals surface area (Å²) in [4.78, 5) is 43.2. The maximum atomic E-state index is 13.8. The van der Waals surface area contributed by atoms with Gasteiger partial charge in [0.1, 0.15) is 0 Å². The molecule has 0 aromatic heterocycles. The molecule has 1 fully saturated rings. The summed E-state index contributed by atoms with van der Waals surface area (Å²) in [7, 11) is 1.93. The van der Waals surface area contributed by atoms with E-state index < -0.39 is 17.5 Å². The number of carbonyl (C=O) groups is 3. The third-order valence-electron chi connectivity index (χ3n) is 7.07. The number of anilines is 1. The van der Waals surface area contributed by atoms with Crippen LogP contribution in [-0.4, -0.2) is 36.2 Å². The van der Waals surface area contributed by atoms with Gasteiger partial charge in [-0.1, -0.05) is 92.7 Å². The lowest BCUT2D eigenvalue weighted by atomic mass is 9.82. The molecule has 0 unspecified atom stereocenters. The van der Waals surface area contributed by atoms with Crippen molar-refractivity contribution in [1.82, 2.24) is 10.2 Å². The van der Waals surface area contributed by atoms with E-state index in [2.05, 4.69) is 25.2 Å². The Hall–Kier alpha value is -4.19. The van der Waals surface area contributed by atoms with Crippen LogP contribution in [0.2, 0.25) is 0 Å². The smallest absolute Gasteiger partial charge is 0.325 e. The molecule has 6 heteroatoms. The number of para-hydroxylation sites is 1. The summed E-state index contributed by atoms with van der Waals surface area (Å²) in [6, 6.07) is 25.7. The number of allylic oxidation sites excluding steroid dienone is 1. The van der Waals surface area contributed by atoms with E-state index in [4.69, 9.17) is 0 Å². The molecule has 2 aliphatic rings. The number of nitrogens with zero attached hydrogens (tertiary/aromatic N) is 2. The molecule has 0 spiro atoms. The number of nitrogens with one attached hydrogen (secondary N) is 1. The number of hydrogen-bond donors (Lipinski definition) is 1. The molecule has 3 amide bonds. The lowest BCUT2D eigenvalue weighted by molar-refractivity contribution is -0.132. The molecule has 0 saturated carbocycles. The highest BCUT2D eigenvalue weighted by Gasteiger charge is 2.54. The molecule has 3 aromatic rings. The van der Waals surface area contributed by atoms with Crippen LogP contribution in [-0.2, 0) is 20.5 Å². The summed E-state index contributed by atoms with van der Waals surface area (Å²) in [6.45, 7) is 3.80. The Morgan fingerprint density at radius 2 is 1.40 bits per heavy atom. The van der Waals surface area contributed by atoms with Crippen molar-refractivity contribution in [2.45, 2.75) is 24.8 Å². The molecule has 2 heterocycles. The number of imide groups is 1. The fourth-order valence-corrected chi connectivity index (χ4v) is 5.27. The second-order valence-electron chi connectivity index (χ2n) is 9.50. The number of rotatable bonds is 5. The van der Waals surface area contributed by atoms with Gasteiger partial charge in [-0.2, -0.15) is 0 Å². The molecular weight excluding hydrogens is 438 g/mol. The minimum Gasteiger partial charge on any atom is -0.347 e. The van der Waals surface area contributed by atoms with Crippen LogP contribution in [0.5, 0.6) is 0 Å². The minimum absolute atomic E-state index is 0.312. The maximum Gasteiger partial charge on any atom is 0.325 e. The van der Waals surface area contributed by atoms with Crippen LogP contribution >= 0.6 is 0 Å². The Kier molecular flexibility index (Phi) is 5.32. The van der Waals surface area contributed by atoms with E-state index in [1.807, 2.05) is 90.8 Å². The average molecular weight is 466 g/mol. The van der Waals surface area contributed by atoms with E-state index in [9.17, 15) is 14.4 Å². The van der Waals surface area contributed by atoms with Gasteiger partial charge in [0, 0.05) is 29.9 Å². The van der Waals surface area contributed by atoms with Gasteiger partial charge < -0.3 is 10.2 Å². The van der Waals surface area contributed by atoms with Gasteiger partial charge >= 0.3 is 6.03 Å². The van der Waals surface area contributed by atoms with E-state index in [0.29, 0.717) is 11.1 Å². The lowest BCUT2D eigenvalue weighted by Gasteiger charge is -2.28. The quantitative estimate of drug-likeness (QED) is 0.449. The van der Waals surface area contributed by atoms with Gasteiger partial charge in [0.05, 0.1) is 6.54 Å². The number of likely N-dealkylation sites (N-methyl/N-ethyl adjacent to an activating group) is 1. The summed E-state index contributed by atoms with van der Waals surface area (Å²) in [5, 5.41) is 2.89. The Labute approximate surface area is 204 Å². The first kappa shape index (κ1) is 22.6. The molecule has 35 heavy (non-hydrogen) atoms. The molecular formula is C29H27N3O3. The van der Waals surface area contributed by atoms with E-state index in [1.54, 1.807) is 6.08 Å². The first-order chi connectivity index (χ1) is 16.8. The number of amides is 3. The highest BCUT2D eigenvalue weighted by atomic mass is 16.2. The third kappa shape index (κ3) is 3.44. The second kappa shape index (κ2) is 8.24. The van der Waals surface area contributed by atoms with Crippen molar-refractivity contribution in [2.24, 2.45) is 0 Å². The van der Waals surface area contributed by atoms with Crippen LogP contribution in [0, 0.1) is 0 Å². The summed E-state index contributed by atoms with van der Waals surface area (Å²) in [6.07, 6.45) is 1.56. The monoisotopic (exact) mass is 465 g/mol. The molecule has 1 N–H and O–H groups in total. The van der Waals surface area contributed by atoms with Gasteiger partial charge in [0.15, 0.2) is 11.3 Å². The molecule has 3 aromatic carbocycles. The van der Waals surface area contributed by atoms with Gasteiger partial charge in [-0.25, -0.2) is 4.79 Å². The van der Waals surface area contributed by atoms with E-state index in [0.717, 1.165) is 21.8 Å². The van der Waals surface area contributed by atoms with Crippen molar-refractivity contribution in [3.8, 4) is 0 Å². The topological polar surface area (TPSA) is 69.7 Å². The Morgan fingerprint density at radius 1 is 0.857 bits per heavy atom. The Morgan fingerprint density at radius 3 is 1.97 bits per heavy atom. The van der Waals surface area contributed by atoms with Crippen LogP contribution in [0.4, 0.5) is 10.5 Å². The molecule has 5 rings (SSSR count). The van der Waals surface area contributed by atoms with Gasteiger partial charge in [0.25, 0.3) is 5.91 Å². The van der Waals surface area contributed by atoms with Crippen molar-refractivity contribution in [3.63, 3.8) is 0 Å². The molecule has 0 atom stereocenters. The van der Waals surface area contributed by atoms with Crippen LogP contribution in [0.3, 0.4) is 0 Å². The minimum atomic E-state index is -1.38. The van der Waals surface area contributed by atoms with Crippen LogP contribution in [0.15, 0.2) is 96.7 Å². The lowest BCUT2D eigenvalue weighted by Crippen LogP contribution is -2.45. The average Bonchev–Trinajstić information content (AvgIpc) is 3.23. The maximum absolute atomic E-state index is 13.8. The number of carbonyl (C=O) groups excluding carboxylic acids is 3. The van der Waals surface area contributed by atoms with Crippen molar-refractivity contribution in [1.29, 1.82) is 0 Å².